The largest absolute Gasteiger partial charge is 0.444 e. The van der Waals surface area contributed by atoms with Gasteiger partial charge in [0.05, 0.1) is 30.7 Å². The van der Waals surface area contributed by atoms with Crippen molar-refractivity contribution in [2.75, 3.05) is 18.9 Å². The fraction of sp³-hybridized carbons (Fsp3) is 0.200. The molecule has 0 fully saturated rings. The third-order valence-electron chi connectivity index (χ3n) is 3.87. The van der Waals surface area contributed by atoms with Gasteiger partial charge in [-0.15, -0.1) is 0 Å². The second kappa shape index (κ2) is 9.31. The molecule has 8 heteroatoms. The van der Waals surface area contributed by atoms with Gasteiger partial charge in [-0.05, 0) is 31.2 Å². The van der Waals surface area contributed by atoms with Crippen LogP contribution in [0, 0.1) is 6.92 Å². The minimum Gasteiger partial charge on any atom is -0.444 e. The van der Waals surface area contributed by atoms with Crippen LogP contribution in [0.4, 0.5) is 5.69 Å². The van der Waals surface area contributed by atoms with Gasteiger partial charge in [0.15, 0.2) is 5.96 Å². The number of aliphatic imine (C=N–C) groups is 1. The fourth-order valence-corrected chi connectivity index (χ4v) is 2.42. The number of aryl methyl sites for hydroxylation is 1. The van der Waals surface area contributed by atoms with E-state index in [1.54, 1.807) is 37.8 Å². The van der Waals surface area contributed by atoms with Crippen LogP contribution in [-0.2, 0) is 11.3 Å². The summed E-state index contributed by atoms with van der Waals surface area (Å²) in [7, 11) is 1.63. The van der Waals surface area contributed by atoms with E-state index >= 15 is 0 Å². The Morgan fingerprint density at radius 2 is 2.00 bits per heavy atom. The smallest absolute Gasteiger partial charge is 0.243 e. The molecular weight excluding hydrogens is 356 g/mol. The number of anilines is 1. The van der Waals surface area contributed by atoms with E-state index in [1.807, 2.05) is 31.2 Å². The van der Waals surface area contributed by atoms with Crippen molar-refractivity contribution in [2.24, 2.45) is 4.99 Å². The van der Waals surface area contributed by atoms with Gasteiger partial charge in [-0.1, -0.05) is 17.7 Å². The number of carbonyl (C=O) groups is 1. The lowest BCUT2D eigenvalue weighted by Gasteiger charge is -2.11. The van der Waals surface area contributed by atoms with Crippen molar-refractivity contribution in [3.8, 4) is 11.5 Å². The molecule has 3 N–H and O–H groups in total. The summed E-state index contributed by atoms with van der Waals surface area (Å²) in [5, 5.41) is 8.80. The molecule has 2 heterocycles. The third kappa shape index (κ3) is 5.41. The van der Waals surface area contributed by atoms with E-state index in [0.717, 1.165) is 11.3 Å². The molecule has 3 rings (SSSR count). The highest BCUT2D eigenvalue weighted by atomic mass is 16.3. The van der Waals surface area contributed by atoms with Gasteiger partial charge in [0.25, 0.3) is 0 Å². The summed E-state index contributed by atoms with van der Waals surface area (Å²) in [6.07, 6.45) is 4.83. The van der Waals surface area contributed by atoms with E-state index in [9.17, 15) is 4.79 Å². The van der Waals surface area contributed by atoms with Crippen molar-refractivity contribution < 1.29 is 9.21 Å². The van der Waals surface area contributed by atoms with E-state index in [2.05, 4.69) is 30.9 Å². The van der Waals surface area contributed by atoms with Crippen molar-refractivity contribution in [3.63, 3.8) is 0 Å². The molecule has 3 aromatic rings. The molecule has 0 aliphatic rings. The third-order valence-corrected chi connectivity index (χ3v) is 3.87. The number of rotatable bonds is 6. The number of pyridine rings is 1. The number of nitrogens with one attached hydrogen (secondary N) is 3. The van der Waals surface area contributed by atoms with Crippen molar-refractivity contribution in [1.29, 1.82) is 0 Å². The first kappa shape index (κ1) is 19.1. The average molecular weight is 378 g/mol. The first-order valence-electron chi connectivity index (χ1n) is 8.80. The average Bonchev–Trinajstić information content (AvgIpc) is 3.18. The van der Waals surface area contributed by atoms with Crippen molar-refractivity contribution in [2.45, 2.75) is 13.5 Å². The Bertz CT molecular complexity index is 935. The Hall–Kier alpha value is -3.68. The van der Waals surface area contributed by atoms with Gasteiger partial charge in [-0.25, -0.2) is 4.98 Å². The Morgan fingerprint density at radius 1 is 1.18 bits per heavy atom. The van der Waals surface area contributed by atoms with Crippen LogP contribution in [0.1, 0.15) is 11.3 Å². The number of aromatic nitrogens is 2. The van der Waals surface area contributed by atoms with Crippen LogP contribution in [-0.4, -0.2) is 35.4 Å². The van der Waals surface area contributed by atoms with Crippen molar-refractivity contribution in [3.05, 3.63) is 66.3 Å². The molecule has 0 atom stereocenters. The minimum absolute atomic E-state index is 0.0714. The predicted octanol–water partition coefficient (Wildman–Crippen LogP) is 2.35. The first-order valence-corrected chi connectivity index (χ1v) is 8.80. The fourth-order valence-electron chi connectivity index (χ4n) is 2.42. The van der Waals surface area contributed by atoms with E-state index in [1.165, 1.54) is 5.56 Å². The zero-order chi connectivity index (χ0) is 19.8. The molecule has 144 valence electrons. The van der Waals surface area contributed by atoms with Crippen molar-refractivity contribution in [1.82, 2.24) is 20.6 Å². The van der Waals surface area contributed by atoms with Crippen LogP contribution in [0.2, 0.25) is 0 Å². The summed E-state index contributed by atoms with van der Waals surface area (Å²) in [5.41, 5.74) is 3.48. The number of carbonyl (C=O) groups excluding carboxylic acids is 1. The molecule has 2 aromatic heterocycles. The standard InChI is InChI=1S/C20H22N6O2/c1-14-5-7-15(8-6-14)19-26-17(13-28-19)11-23-20(21-2)24-12-18(27)25-16-4-3-9-22-10-16/h3-10,13H,11-12H2,1-2H3,(H,25,27)(H2,21,23,24). The number of guanidine groups is 1. The minimum atomic E-state index is -0.195. The highest BCUT2D eigenvalue weighted by Gasteiger charge is 2.08. The maximum atomic E-state index is 12.0. The Kier molecular flexibility index (Phi) is 6.35. The van der Waals surface area contributed by atoms with Crippen LogP contribution in [0.15, 0.2) is 64.5 Å². The molecule has 8 nitrogen and oxygen atoms in total. The second-order valence-electron chi connectivity index (χ2n) is 6.08. The van der Waals surface area contributed by atoms with Crippen LogP contribution < -0.4 is 16.0 Å². The molecule has 0 saturated heterocycles. The number of oxazole rings is 1. The van der Waals surface area contributed by atoms with E-state index in [0.29, 0.717) is 24.1 Å². The number of nitrogens with zero attached hydrogens (tertiary/aromatic N) is 3. The predicted molar refractivity (Wildman–Crippen MR) is 108 cm³/mol. The maximum Gasteiger partial charge on any atom is 0.243 e. The Balaban J connectivity index is 1.48. The number of hydrogen-bond donors (Lipinski definition) is 3. The van der Waals surface area contributed by atoms with Gasteiger partial charge >= 0.3 is 0 Å². The molecule has 0 radical (unpaired) electrons. The molecule has 0 saturated carbocycles. The van der Waals surface area contributed by atoms with Crippen LogP contribution in [0.3, 0.4) is 0 Å². The Morgan fingerprint density at radius 3 is 2.71 bits per heavy atom. The van der Waals surface area contributed by atoms with E-state index < -0.39 is 0 Å². The van der Waals surface area contributed by atoms with E-state index in [-0.39, 0.29) is 12.5 Å². The first-order chi connectivity index (χ1) is 13.6. The SMILES string of the molecule is CN=C(NCC(=O)Nc1cccnc1)NCc1coc(-c2ccc(C)cc2)n1. The lowest BCUT2D eigenvalue weighted by atomic mass is 10.1. The zero-order valence-electron chi connectivity index (χ0n) is 15.8. The summed E-state index contributed by atoms with van der Waals surface area (Å²) in [5.74, 6) is 0.857. The van der Waals surface area contributed by atoms with Crippen LogP contribution >= 0.6 is 0 Å². The summed E-state index contributed by atoms with van der Waals surface area (Å²) in [6, 6.07) is 11.5. The topological polar surface area (TPSA) is 104 Å². The van der Waals surface area contributed by atoms with Gasteiger partial charge in [-0.2, -0.15) is 0 Å². The number of amides is 1. The van der Waals surface area contributed by atoms with Gasteiger partial charge in [0, 0.05) is 18.8 Å². The molecule has 0 aliphatic carbocycles. The number of benzene rings is 1. The molecular formula is C20H22N6O2. The van der Waals surface area contributed by atoms with Gasteiger partial charge in [0.2, 0.25) is 11.8 Å². The lowest BCUT2D eigenvalue weighted by molar-refractivity contribution is -0.115. The van der Waals surface area contributed by atoms with Crippen LogP contribution in [0.5, 0.6) is 0 Å². The summed E-state index contributed by atoms with van der Waals surface area (Å²) in [4.78, 5) is 24.5. The maximum absolute atomic E-state index is 12.0. The van der Waals surface area contributed by atoms with Crippen LogP contribution in [0.25, 0.3) is 11.5 Å². The summed E-state index contributed by atoms with van der Waals surface area (Å²) >= 11 is 0. The normalized spacial score (nSPS) is 11.1. The summed E-state index contributed by atoms with van der Waals surface area (Å²) in [6.45, 7) is 2.52. The summed E-state index contributed by atoms with van der Waals surface area (Å²) < 4.78 is 5.54. The monoisotopic (exact) mass is 378 g/mol. The van der Waals surface area contributed by atoms with Gasteiger partial charge in [-0.3, -0.25) is 14.8 Å². The van der Waals surface area contributed by atoms with E-state index in [4.69, 9.17) is 4.42 Å². The lowest BCUT2D eigenvalue weighted by Crippen LogP contribution is -2.41. The highest BCUT2D eigenvalue weighted by molar-refractivity contribution is 5.94. The molecule has 0 aliphatic heterocycles. The van der Waals surface area contributed by atoms with Crippen molar-refractivity contribution >= 4 is 17.6 Å². The molecule has 0 bridgehead atoms. The molecule has 1 amide bonds. The highest BCUT2D eigenvalue weighted by Crippen LogP contribution is 2.18. The Labute approximate surface area is 163 Å². The molecule has 1 aromatic carbocycles. The second-order valence-corrected chi connectivity index (χ2v) is 6.08. The molecule has 0 spiro atoms. The molecule has 28 heavy (non-hydrogen) atoms. The quantitative estimate of drug-likeness (QED) is 0.449. The van der Waals surface area contributed by atoms with Gasteiger partial charge < -0.3 is 20.4 Å². The van der Waals surface area contributed by atoms with Gasteiger partial charge in [0.1, 0.15) is 6.26 Å². The number of hydrogen-bond acceptors (Lipinski definition) is 5. The molecule has 0 unspecified atom stereocenters. The zero-order valence-corrected chi connectivity index (χ0v) is 15.8.